The minimum absolute atomic E-state index is 0.160. The molecule has 6 heteroatoms. The number of amides is 2. The number of nitrogens with one attached hydrogen (secondary N) is 2. The lowest BCUT2D eigenvalue weighted by Crippen LogP contribution is -2.34. The van der Waals surface area contributed by atoms with Crippen molar-refractivity contribution in [2.24, 2.45) is 5.10 Å². The SMILES string of the molecule is C=CCOc1cccc(/C=N/NC(=O)CNC(=O)c2ccc(C)cc2)c1. The summed E-state index contributed by atoms with van der Waals surface area (Å²) in [5, 5.41) is 6.42. The van der Waals surface area contributed by atoms with Crippen molar-refractivity contribution in [3.05, 3.63) is 77.9 Å². The van der Waals surface area contributed by atoms with Gasteiger partial charge >= 0.3 is 0 Å². The van der Waals surface area contributed by atoms with E-state index in [-0.39, 0.29) is 12.5 Å². The molecule has 0 aliphatic carbocycles. The van der Waals surface area contributed by atoms with Crippen LogP contribution in [0.2, 0.25) is 0 Å². The molecule has 0 heterocycles. The summed E-state index contributed by atoms with van der Waals surface area (Å²) in [5.41, 5.74) is 4.71. The number of benzene rings is 2. The fourth-order valence-corrected chi connectivity index (χ4v) is 2.03. The molecule has 0 saturated heterocycles. The van der Waals surface area contributed by atoms with Gasteiger partial charge in [0.1, 0.15) is 12.4 Å². The van der Waals surface area contributed by atoms with Gasteiger partial charge in [0.05, 0.1) is 12.8 Å². The molecule has 0 spiro atoms. The van der Waals surface area contributed by atoms with Crippen LogP contribution in [-0.2, 0) is 4.79 Å². The minimum atomic E-state index is -0.416. The van der Waals surface area contributed by atoms with E-state index in [2.05, 4.69) is 22.4 Å². The van der Waals surface area contributed by atoms with Crippen LogP contribution in [0.4, 0.5) is 0 Å². The molecule has 0 aliphatic heterocycles. The number of carbonyl (C=O) groups is 2. The van der Waals surface area contributed by atoms with E-state index in [0.717, 1.165) is 11.1 Å². The lowest BCUT2D eigenvalue weighted by atomic mass is 10.1. The largest absolute Gasteiger partial charge is 0.490 e. The van der Waals surface area contributed by atoms with Crippen molar-refractivity contribution in [2.45, 2.75) is 6.92 Å². The first-order valence-corrected chi connectivity index (χ1v) is 8.09. The van der Waals surface area contributed by atoms with Gasteiger partial charge in [-0.1, -0.05) is 42.5 Å². The molecule has 6 nitrogen and oxygen atoms in total. The number of hydrogen-bond acceptors (Lipinski definition) is 4. The maximum atomic E-state index is 11.9. The second-order valence-corrected chi connectivity index (χ2v) is 5.51. The van der Waals surface area contributed by atoms with Crippen LogP contribution in [-0.4, -0.2) is 31.2 Å². The number of rotatable bonds is 8. The molecule has 2 aromatic rings. The first-order chi connectivity index (χ1) is 12.6. The summed E-state index contributed by atoms with van der Waals surface area (Å²) in [6.07, 6.45) is 3.16. The normalized spacial score (nSPS) is 10.3. The maximum absolute atomic E-state index is 11.9. The van der Waals surface area contributed by atoms with Crippen molar-refractivity contribution in [3.63, 3.8) is 0 Å². The predicted octanol–water partition coefficient (Wildman–Crippen LogP) is 2.44. The van der Waals surface area contributed by atoms with Crippen LogP contribution in [0.3, 0.4) is 0 Å². The molecule has 2 aromatic carbocycles. The van der Waals surface area contributed by atoms with Gasteiger partial charge in [-0.3, -0.25) is 9.59 Å². The van der Waals surface area contributed by atoms with Crippen LogP contribution in [0.15, 0.2) is 66.3 Å². The first-order valence-electron chi connectivity index (χ1n) is 8.09. The van der Waals surface area contributed by atoms with Crippen molar-refractivity contribution < 1.29 is 14.3 Å². The van der Waals surface area contributed by atoms with E-state index < -0.39 is 5.91 Å². The molecule has 0 saturated carbocycles. The zero-order valence-electron chi connectivity index (χ0n) is 14.6. The summed E-state index contributed by atoms with van der Waals surface area (Å²) < 4.78 is 5.42. The third-order valence-corrected chi connectivity index (χ3v) is 3.35. The molecule has 134 valence electrons. The average molecular weight is 351 g/mol. The summed E-state index contributed by atoms with van der Waals surface area (Å²) >= 11 is 0. The van der Waals surface area contributed by atoms with Crippen molar-refractivity contribution in [2.75, 3.05) is 13.2 Å². The number of hydrazone groups is 1. The Bertz CT molecular complexity index is 798. The van der Waals surface area contributed by atoms with Crippen LogP contribution in [0.1, 0.15) is 21.5 Å². The Morgan fingerprint density at radius 3 is 2.69 bits per heavy atom. The van der Waals surface area contributed by atoms with Gasteiger partial charge in [0.2, 0.25) is 0 Å². The molecule has 2 N–H and O–H groups in total. The third kappa shape index (κ3) is 6.24. The second kappa shape index (κ2) is 9.78. The van der Waals surface area contributed by atoms with E-state index in [0.29, 0.717) is 17.9 Å². The van der Waals surface area contributed by atoms with Crippen molar-refractivity contribution in [1.29, 1.82) is 0 Å². The van der Waals surface area contributed by atoms with Crippen LogP contribution in [0, 0.1) is 6.92 Å². The van der Waals surface area contributed by atoms with Crippen LogP contribution in [0.25, 0.3) is 0 Å². The van der Waals surface area contributed by atoms with Gasteiger partial charge in [-0.2, -0.15) is 5.10 Å². The highest BCUT2D eigenvalue weighted by molar-refractivity contribution is 5.96. The number of carbonyl (C=O) groups excluding carboxylic acids is 2. The summed E-state index contributed by atoms with van der Waals surface area (Å²) in [5.74, 6) is -0.0393. The zero-order chi connectivity index (χ0) is 18.8. The van der Waals surface area contributed by atoms with Gasteiger partial charge in [-0.15, -0.1) is 0 Å². The van der Waals surface area contributed by atoms with Gasteiger partial charge < -0.3 is 10.1 Å². The van der Waals surface area contributed by atoms with E-state index in [4.69, 9.17) is 4.74 Å². The molecule has 0 aromatic heterocycles. The number of aryl methyl sites for hydroxylation is 1. The first kappa shape index (κ1) is 18.9. The Morgan fingerprint density at radius 2 is 1.96 bits per heavy atom. The summed E-state index contributed by atoms with van der Waals surface area (Å²) in [7, 11) is 0. The van der Waals surface area contributed by atoms with Crippen LogP contribution < -0.4 is 15.5 Å². The Hall–Kier alpha value is -3.41. The van der Waals surface area contributed by atoms with Crippen molar-refractivity contribution >= 4 is 18.0 Å². The topological polar surface area (TPSA) is 79.8 Å². The Labute approximate surface area is 152 Å². The summed E-state index contributed by atoms with van der Waals surface area (Å²) in [6.45, 7) is 5.78. The zero-order valence-corrected chi connectivity index (χ0v) is 14.6. The molecule has 0 atom stereocenters. The molecule has 0 aliphatic rings. The lowest BCUT2D eigenvalue weighted by Gasteiger charge is -2.05. The number of nitrogens with zero attached hydrogens (tertiary/aromatic N) is 1. The van der Waals surface area contributed by atoms with Crippen molar-refractivity contribution in [3.8, 4) is 5.75 Å². The molecule has 0 bridgehead atoms. The Kier molecular flexibility index (Phi) is 7.12. The van der Waals surface area contributed by atoms with Gasteiger partial charge in [0.15, 0.2) is 0 Å². The molecule has 2 rings (SSSR count). The number of hydrogen-bond donors (Lipinski definition) is 2. The number of ether oxygens (including phenoxy) is 1. The third-order valence-electron chi connectivity index (χ3n) is 3.35. The van der Waals surface area contributed by atoms with E-state index in [1.807, 2.05) is 37.3 Å². The smallest absolute Gasteiger partial charge is 0.259 e. The maximum Gasteiger partial charge on any atom is 0.259 e. The highest BCUT2D eigenvalue weighted by Gasteiger charge is 2.07. The standard InChI is InChI=1S/C20H21N3O3/c1-3-11-26-18-6-4-5-16(12-18)13-22-23-19(24)14-21-20(25)17-9-7-15(2)8-10-17/h3-10,12-13H,1,11,14H2,2H3,(H,21,25)(H,23,24)/b22-13+. The van der Waals surface area contributed by atoms with E-state index in [1.54, 1.807) is 24.3 Å². The Balaban J connectivity index is 1.79. The lowest BCUT2D eigenvalue weighted by molar-refractivity contribution is -0.120. The summed E-state index contributed by atoms with van der Waals surface area (Å²) in [4.78, 5) is 23.7. The molecule has 0 radical (unpaired) electrons. The molecule has 26 heavy (non-hydrogen) atoms. The molecular formula is C20H21N3O3. The monoisotopic (exact) mass is 351 g/mol. The molecule has 2 amide bonds. The minimum Gasteiger partial charge on any atom is -0.490 e. The highest BCUT2D eigenvalue weighted by Crippen LogP contribution is 2.11. The fraction of sp³-hybridized carbons (Fsp3) is 0.150. The van der Waals surface area contributed by atoms with Crippen molar-refractivity contribution in [1.82, 2.24) is 10.7 Å². The quantitative estimate of drug-likeness (QED) is 0.435. The molecule has 0 unspecified atom stereocenters. The van der Waals surface area contributed by atoms with Gasteiger partial charge in [-0.25, -0.2) is 5.43 Å². The van der Waals surface area contributed by atoms with E-state index in [9.17, 15) is 9.59 Å². The second-order valence-electron chi connectivity index (χ2n) is 5.51. The van der Waals surface area contributed by atoms with Gasteiger partial charge in [0.25, 0.3) is 11.8 Å². The van der Waals surface area contributed by atoms with Crippen LogP contribution in [0.5, 0.6) is 5.75 Å². The van der Waals surface area contributed by atoms with Gasteiger partial charge in [0, 0.05) is 5.56 Å². The average Bonchev–Trinajstić information content (AvgIpc) is 2.65. The predicted molar refractivity (Wildman–Crippen MR) is 101 cm³/mol. The molecule has 0 fully saturated rings. The highest BCUT2D eigenvalue weighted by atomic mass is 16.5. The van der Waals surface area contributed by atoms with Gasteiger partial charge in [-0.05, 0) is 36.8 Å². The van der Waals surface area contributed by atoms with E-state index in [1.165, 1.54) is 6.21 Å². The summed E-state index contributed by atoms with van der Waals surface area (Å²) in [6, 6.07) is 14.4. The van der Waals surface area contributed by atoms with E-state index >= 15 is 0 Å². The molecular weight excluding hydrogens is 330 g/mol. The van der Waals surface area contributed by atoms with Crippen LogP contribution >= 0.6 is 0 Å². The Morgan fingerprint density at radius 1 is 1.19 bits per heavy atom. The fourth-order valence-electron chi connectivity index (χ4n) is 2.03.